The number of carbonyl (C=O) groups is 4. The van der Waals surface area contributed by atoms with Crippen LogP contribution >= 0.6 is 0 Å². The number of fused-ring (bicyclic) bond motifs is 1. The van der Waals surface area contributed by atoms with Gasteiger partial charge in [-0.1, -0.05) is 36.5 Å². The van der Waals surface area contributed by atoms with Gasteiger partial charge in [0.1, 0.15) is 0 Å². The zero-order valence-electron chi connectivity index (χ0n) is 19.8. The first-order valence-electron chi connectivity index (χ1n) is 12.9. The fourth-order valence-electron chi connectivity index (χ4n) is 9.75. The minimum absolute atomic E-state index is 0.0283. The van der Waals surface area contributed by atoms with Crippen LogP contribution < -0.4 is 0 Å². The van der Waals surface area contributed by atoms with E-state index in [4.69, 9.17) is 14.2 Å². The fourth-order valence-corrected chi connectivity index (χ4v) is 9.75. The largest absolute Gasteiger partial charge is 0.466 e. The molecule has 0 amide bonds. The molecule has 7 heteroatoms. The van der Waals surface area contributed by atoms with E-state index in [1.807, 2.05) is 0 Å². The Hall–Kier alpha value is -2.70. The molecule has 184 valence electrons. The molecule has 10 rings (SSSR count). The molecule has 0 spiro atoms. The molecule has 0 unspecified atom stereocenters. The van der Waals surface area contributed by atoms with Gasteiger partial charge in [-0.3, -0.25) is 19.2 Å². The standard InChI is InChI=1S/C28H30O7/c1-11(29)33-9-19-13-3-4-14(20(19)10-34-12(2)30)22-16-6-5-15(21(13)22)23-17-7-8-18(24(16)23)26-25(17)27(31)35-28(26)32/h3-8,13-26H,9-10H2,1-2H3/t13-,14+,15-,16+,17-,18+,19-,20-,21+,22-,23+,24-,25-,26+/m1/s1. The maximum absolute atomic E-state index is 12.7. The molecule has 0 aromatic rings. The van der Waals surface area contributed by atoms with Crippen molar-refractivity contribution in [2.75, 3.05) is 13.2 Å². The summed E-state index contributed by atoms with van der Waals surface area (Å²) in [6.07, 6.45) is 13.7. The van der Waals surface area contributed by atoms with Crippen molar-refractivity contribution in [3.63, 3.8) is 0 Å². The third-order valence-electron chi connectivity index (χ3n) is 10.6. The van der Waals surface area contributed by atoms with Crippen molar-refractivity contribution in [1.82, 2.24) is 0 Å². The summed E-state index contributed by atoms with van der Waals surface area (Å²) >= 11 is 0. The second-order valence-electron chi connectivity index (χ2n) is 11.7. The molecule has 1 heterocycles. The van der Waals surface area contributed by atoms with Crippen molar-refractivity contribution in [3.05, 3.63) is 36.5 Å². The Balaban J connectivity index is 1.27. The van der Waals surface area contributed by atoms with Gasteiger partial charge in [0.25, 0.3) is 0 Å². The monoisotopic (exact) mass is 478 g/mol. The lowest BCUT2D eigenvalue weighted by molar-refractivity contribution is -0.180. The Morgan fingerprint density at radius 1 is 0.629 bits per heavy atom. The number of ether oxygens (including phenoxy) is 3. The summed E-state index contributed by atoms with van der Waals surface area (Å²) < 4.78 is 16.2. The van der Waals surface area contributed by atoms with Gasteiger partial charge in [0, 0.05) is 25.7 Å². The van der Waals surface area contributed by atoms with Crippen molar-refractivity contribution in [2.24, 2.45) is 82.9 Å². The molecule has 1 aliphatic heterocycles. The molecule has 10 aliphatic rings. The molecule has 6 bridgehead atoms. The van der Waals surface area contributed by atoms with Gasteiger partial charge in [-0.2, -0.15) is 0 Å². The maximum atomic E-state index is 12.7. The minimum Gasteiger partial charge on any atom is -0.466 e. The summed E-state index contributed by atoms with van der Waals surface area (Å²) in [5.74, 6) is 0.639. The highest BCUT2D eigenvalue weighted by atomic mass is 16.6. The van der Waals surface area contributed by atoms with Crippen LogP contribution in [0.25, 0.3) is 0 Å². The molecule has 0 radical (unpaired) electrons. The molecule has 14 atom stereocenters. The summed E-state index contributed by atoms with van der Waals surface area (Å²) in [6.45, 7) is 3.51. The van der Waals surface area contributed by atoms with Crippen LogP contribution in [0.2, 0.25) is 0 Å². The van der Waals surface area contributed by atoms with Crippen LogP contribution in [-0.4, -0.2) is 37.1 Å². The van der Waals surface area contributed by atoms with Crippen molar-refractivity contribution in [1.29, 1.82) is 0 Å². The summed E-state index contributed by atoms with van der Waals surface area (Å²) in [5.41, 5.74) is 0. The summed E-state index contributed by atoms with van der Waals surface area (Å²) in [6, 6.07) is 0. The van der Waals surface area contributed by atoms with E-state index in [0.29, 0.717) is 48.7 Å². The lowest BCUT2D eigenvalue weighted by Gasteiger charge is -2.68. The molecule has 7 nitrogen and oxygen atoms in total. The van der Waals surface area contributed by atoms with Gasteiger partial charge in [0.2, 0.25) is 0 Å². The second kappa shape index (κ2) is 7.40. The first-order valence-corrected chi connectivity index (χ1v) is 12.9. The van der Waals surface area contributed by atoms with E-state index < -0.39 is 0 Å². The Labute approximate surface area is 203 Å². The Morgan fingerprint density at radius 2 is 0.971 bits per heavy atom. The first-order chi connectivity index (χ1) is 16.9. The molecule has 0 aromatic heterocycles. The van der Waals surface area contributed by atoms with E-state index in [9.17, 15) is 19.2 Å². The molecular weight excluding hydrogens is 448 g/mol. The minimum atomic E-state index is -0.352. The van der Waals surface area contributed by atoms with E-state index in [-0.39, 0.29) is 71.2 Å². The quantitative estimate of drug-likeness (QED) is 0.265. The van der Waals surface area contributed by atoms with Crippen LogP contribution in [0.1, 0.15) is 13.8 Å². The van der Waals surface area contributed by atoms with Crippen LogP contribution in [0.5, 0.6) is 0 Å². The summed E-state index contributed by atoms with van der Waals surface area (Å²) in [4.78, 5) is 48.7. The number of esters is 4. The van der Waals surface area contributed by atoms with Crippen molar-refractivity contribution >= 4 is 23.9 Å². The zero-order valence-corrected chi connectivity index (χ0v) is 19.8. The average Bonchev–Trinajstić information content (AvgIpc) is 3.17. The summed E-state index contributed by atoms with van der Waals surface area (Å²) in [5, 5.41) is 0. The lowest BCUT2D eigenvalue weighted by atomic mass is 9.35. The third kappa shape index (κ3) is 2.78. The number of cyclic esters (lactones) is 2. The molecule has 35 heavy (non-hydrogen) atoms. The van der Waals surface area contributed by atoms with E-state index >= 15 is 0 Å². The van der Waals surface area contributed by atoms with Gasteiger partial charge < -0.3 is 14.2 Å². The number of carbonyl (C=O) groups excluding carboxylic acids is 4. The van der Waals surface area contributed by atoms with E-state index in [1.165, 1.54) is 13.8 Å². The Morgan fingerprint density at radius 3 is 1.37 bits per heavy atom. The highest BCUT2D eigenvalue weighted by Crippen LogP contribution is 2.71. The van der Waals surface area contributed by atoms with Gasteiger partial charge in [0.05, 0.1) is 25.0 Å². The second-order valence-corrected chi connectivity index (χ2v) is 11.7. The van der Waals surface area contributed by atoms with Gasteiger partial charge in [0.15, 0.2) is 0 Å². The predicted octanol–water partition coefficient (Wildman–Crippen LogP) is 2.57. The van der Waals surface area contributed by atoms with E-state index in [1.54, 1.807) is 0 Å². The third-order valence-corrected chi connectivity index (χ3v) is 10.6. The van der Waals surface area contributed by atoms with E-state index in [2.05, 4.69) is 36.5 Å². The SMILES string of the molecule is CC(=O)OC[C@@H]1[C@H]2C=C[C@@H]([C@H]1COC(C)=O)[C@@H]1[C@@H]3C=C[C@H]([C@H]21)[C@H]1[C@H]2C=C[C@H]([C@@H]4C(=O)OC(=O)[C@H]24)[C@@H]31. The van der Waals surface area contributed by atoms with Crippen LogP contribution in [0.15, 0.2) is 36.5 Å². The molecule has 3 saturated carbocycles. The fraction of sp³-hybridized carbons (Fsp3) is 0.643. The topological polar surface area (TPSA) is 96.0 Å². The van der Waals surface area contributed by atoms with Gasteiger partial charge in [-0.05, 0) is 59.2 Å². The summed E-state index contributed by atoms with van der Waals surface area (Å²) in [7, 11) is 0. The van der Waals surface area contributed by atoms with Gasteiger partial charge in [-0.25, -0.2) is 0 Å². The number of hydrogen-bond donors (Lipinski definition) is 0. The molecule has 4 fully saturated rings. The maximum Gasteiger partial charge on any atom is 0.318 e. The zero-order chi connectivity index (χ0) is 24.2. The number of rotatable bonds is 4. The predicted molar refractivity (Wildman–Crippen MR) is 121 cm³/mol. The Bertz CT molecular complexity index is 1020. The molecular formula is C28H30O7. The normalized spacial score (nSPS) is 51.0. The molecule has 0 N–H and O–H groups in total. The van der Waals surface area contributed by atoms with Gasteiger partial charge in [-0.15, -0.1) is 0 Å². The first kappa shape index (κ1) is 21.6. The van der Waals surface area contributed by atoms with Gasteiger partial charge >= 0.3 is 23.9 Å². The lowest BCUT2D eigenvalue weighted by Crippen LogP contribution is -2.66. The van der Waals surface area contributed by atoms with Crippen LogP contribution in [0, 0.1) is 82.9 Å². The Kier molecular flexibility index (Phi) is 4.56. The van der Waals surface area contributed by atoms with Crippen LogP contribution in [0.3, 0.4) is 0 Å². The van der Waals surface area contributed by atoms with Crippen molar-refractivity contribution in [2.45, 2.75) is 13.8 Å². The van der Waals surface area contributed by atoms with E-state index in [0.717, 1.165) is 0 Å². The average molecular weight is 479 g/mol. The highest BCUT2D eigenvalue weighted by Gasteiger charge is 2.70. The molecule has 1 saturated heterocycles. The highest BCUT2D eigenvalue weighted by molar-refractivity contribution is 5.97. The van der Waals surface area contributed by atoms with Crippen LogP contribution in [-0.2, 0) is 33.4 Å². The molecule has 9 aliphatic carbocycles. The van der Waals surface area contributed by atoms with Crippen LogP contribution in [0.4, 0.5) is 0 Å². The number of hydrogen-bond acceptors (Lipinski definition) is 7. The number of allylic oxidation sites excluding steroid dienone is 6. The smallest absolute Gasteiger partial charge is 0.318 e. The van der Waals surface area contributed by atoms with Crippen molar-refractivity contribution in [3.8, 4) is 0 Å². The van der Waals surface area contributed by atoms with Crippen molar-refractivity contribution < 1.29 is 33.4 Å². The molecule has 0 aromatic carbocycles.